The summed E-state index contributed by atoms with van der Waals surface area (Å²) in [4.78, 5) is 2.45. The molecule has 2 heteroatoms. The first kappa shape index (κ1) is 11.7. The van der Waals surface area contributed by atoms with Crippen molar-refractivity contribution >= 4 is 0 Å². The zero-order valence-corrected chi connectivity index (χ0v) is 9.50. The van der Waals surface area contributed by atoms with Crippen LogP contribution in [0.4, 0.5) is 0 Å². The molecule has 0 amide bonds. The zero-order valence-electron chi connectivity index (χ0n) is 9.50. The Morgan fingerprint density at radius 1 is 1.43 bits per heavy atom. The molecule has 1 aliphatic rings. The molecular weight excluding hydrogens is 174 g/mol. The highest BCUT2D eigenvalue weighted by atomic mass is 16.3. The summed E-state index contributed by atoms with van der Waals surface area (Å²) in [7, 11) is 0. The molecule has 0 aromatic heterocycles. The number of hydrogen-bond donors (Lipinski definition) is 1. The number of likely N-dealkylation sites (tertiary alicyclic amines) is 1. The maximum atomic E-state index is 10.1. The molecule has 0 spiro atoms. The monoisotopic (exact) mass is 197 g/mol. The van der Waals surface area contributed by atoms with Crippen LogP contribution < -0.4 is 0 Å². The highest BCUT2D eigenvalue weighted by Crippen LogP contribution is 2.26. The average Bonchev–Trinajstić information content (AvgIpc) is 2.09. The van der Waals surface area contributed by atoms with Crippen LogP contribution in [-0.2, 0) is 0 Å². The standard InChI is InChI=1S/C12H23NO/c1-4-5-12(14)6-8-13(9-7-12)10-11(2)3/h4,11,14H,1,5-10H2,2-3H3. The molecular formula is C12H23NO. The van der Waals surface area contributed by atoms with Crippen molar-refractivity contribution in [1.82, 2.24) is 4.90 Å². The van der Waals surface area contributed by atoms with Crippen molar-refractivity contribution in [2.24, 2.45) is 5.92 Å². The van der Waals surface area contributed by atoms with Gasteiger partial charge in [-0.1, -0.05) is 19.9 Å². The zero-order chi connectivity index (χ0) is 10.6. The molecule has 0 atom stereocenters. The summed E-state index contributed by atoms with van der Waals surface area (Å²) in [5, 5.41) is 10.1. The third-order valence-corrected chi connectivity index (χ3v) is 2.93. The molecule has 1 aliphatic heterocycles. The lowest BCUT2D eigenvalue weighted by atomic mass is 9.88. The van der Waals surface area contributed by atoms with Gasteiger partial charge in [-0.25, -0.2) is 0 Å². The van der Waals surface area contributed by atoms with Crippen LogP contribution in [0.15, 0.2) is 12.7 Å². The van der Waals surface area contributed by atoms with Gasteiger partial charge in [0, 0.05) is 19.6 Å². The predicted molar refractivity (Wildman–Crippen MR) is 60.3 cm³/mol. The van der Waals surface area contributed by atoms with Crippen molar-refractivity contribution in [3.8, 4) is 0 Å². The maximum absolute atomic E-state index is 10.1. The summed E-state index contributed by atoms with van der Waals surface area (Å²) in [6.07, 6.45) is 4.36. The minimum atomic E-state index is -0.463. The van der Waals surface area contributed by atoms with Crippen LogP contribution in [0, 0.1) is 5.92 Å². The second kappa shape index (κ2) is 4.94. The topological polar surface area (TPSA) is 23.5 Å². The highest BCUT2D eigenvalue weighted by Gasteiger charge is 2.30. The molecule has 1 heterocycles. The van der Waals surface area contributed by atoms with Crippen LogP contribution in [0.25, 0.3) is 0 Å². The van der Waals surface area contributed by atoms with Gasteiger partial charge in [-0.15, -0.1) is 6.58 Å². The predicted octanol–water partition coefficient (Wildman–Crippen LogP) is 2.05. The van der Waals surface area contributed by atoms with E-state index in [0.29, 0.717) is 0 Å². The van der Waals surface area contributed by atoms with E-state index in [0.717, 1.165) is 44.8 Å². The normalized spacial score (nSPS) is 22.6. The molecule has 1 rings (SSSR count). The Morgan fingerprint density at radius 3 is 2.43 bits per heavy atom. The minimum absolute atomic E-state index is 0.463. The van der Waals surface area contributed by atoms with Crippen molar-refractivity contribution in [2.45, 2.75) is 38.7 Å². The Labute approximate surface area is 87.6 Å². The molecule has 1 fully saturated rings. The molecule has 2 nitrogen and oxygen atoms in total. The Balaban J connectivity index is 2.33. The second-order valence-electron chi connectivity index (χ2n) is 4.91. The SMILES string of the molecule is C=CCC1(O)CCN(CC(C)C)CC1. The third-order valence-electron chi connectivity index (χ3n) is 2.93. The maximum Gasteiger partial charge on any atom is 0.0706 e. The molecule has 14 heavy (non-hydrogen) atoms. The average molecular weight is 197 g/mol. The van der Waals surface area contributed by atoms with Crippen molar-refractivity contribution in [1.29, 1.82) is 0 Å². The molecule has 0 aromatic rings. The van der Waals surface area contributed by atoms with Gasteiger partial charge >= 0.3 is 0 Å². The summed E-state index contributed by atoms with van der Waals surface area (Å²) < 4.78 is 0. The Bertz CT molecular complexity index is 181. The molecule has 1 N–H and O–H groups in total. The molecule has 0 aliphatic carbocycles. The van der Waals surface area contributed by atoms with E-state index in [-0.39, 0.29) is 0 Å². The number of nitrogens with zero attached hydrogens (tertiary/aromatic N) is 1. The van der Waals surface area contributed by atoms with Crippen LogP contribution in [0.3, 0.4) is 0 Å². The number of piperidine rings is 1. The first-order chi connectivity index (χ1) is 6.56. The van der Waals surface area contributed by atoms with E-state index in [2.05, 4.69) is 25.3 Å². The molecule has 82 valence electrons. The fraction of sp³-hybridized carbons (Fsp3) is 0.833. The molecule has 0 saturated carbocycles. The molecule has 0 radical (unpaired) electrons. The van der Waals surface area contributed by atoms with E-state index in [1.165, 1.54) is 0 Å². The second-order valence-corrected chi connectivity index (χ2v) is 4.91. The molecule has 0 unspecified atom stereocenters. The van der Waals surface area contributed by atoms with E-state index in [1.54, 1.807) is 0 Å². The minimum Gasteiger partial charge on any atom is -0.389 e. The Morgan fingerprint density at radius 2 is 2.00 bits per heavy atom. The Hall–Kier alpha value is -0.340. The third kappa shape index (κ3) is 3.43. The van der Waals surface area contributed by atoms with Crippen LogP contribution in [0.2, 0.25) is 0 Å². The number of rotatable bonds is 4. The van der Waals surface area contributed by atoms with Crippen molar-refractivity contribution in [3.63, 3.8) is 0 Å². The van der Waals surface area contributed by atoms with Crippen LogP contribution >= 0.6 is 0 Å². The lowest BCUT2D eigenvalue weighted by Crippen LogP contribution is -2.45. The van der Waals surface area contributed by atoms with E-state index in [9.17, 15) is 5.11 Å². The largest absolute Gasteiger partial charge is 0.389 e. The van der Waals surface area contributed by atoms with Crippen molar-refractivity contribution in [2.75, 3.05) is 19.6 Å². The van der Waals surface area contributed by atoms with Gasteiger partial charge in [-0.3, -0.25) is 0 Å². The summed E-state index contributed by atoms with van der Waals surface area (Å²) >= 11 is 0. The summed E-state index contributed by atoms with van der Waals surface area (Å²) in [6.45, 7) is 11.4. The van der Waals surface area contributed by atoms with Gasteiger partial charge in [0.2, 0.25) is 0 Å². The Kier molecular flexibility index (Phi) is 4.14. The van der Waals surface area contributed by atoms with Crippen LogP contribution in [0.5, 0.6) is 0 Å². The quantitative estimate of drug-likeness (QED) is 0.697. The van der Waals surface area contributed by atoms with Gasteiger partial charge in [0.05, 0.1) is 5.60 Å². The smallest absolute Gasteiger partial charge is 0.0706 e. The number of aliphatic hydroxyl groups is 1. The summed E-state index contributed by atoms with van der Waals surface area (Å²) in [6, 6.07) is 0. The van der Waals surface area contributed by atoms with Gasteiger partial charge < -0.3 is 10.0 Å². The molecule has 1 saturated heterocycles. The van der Waals surface area contributed by atoms with Crippen molar-refractivity contribution < 1.29 is 5.11 Å². The van der Waals surface area contributed by atoms with Gasteiger partial charge in [0.25, 0.3) is 0 Å². The fourth-order valence-corrected chi connectivity index (χ4v) is 2.14. The lowest BCUT2D eigenvalue weighted by Gasteiger charge is -2.38. The summed E-state index contributed by atoms with van der Waals surface area (Å²) in [5.41, 5.74) is -0.463. The van der Waals surface area contributed by atoms with E-state index in [1.807, 2.05) is 6.08 Å². The highest BCUT2D eigenvalue weighted by molar-refractivity contribution is 4.91. The van der Waals surface area contributed by atoms with Gasteiger partial charge in [-0.05, 0) is 25.2 Å². The first-order valence-corrected chi connectivity index (χ1v) is 5.61. The van der Waals surface area contributed by atoms with E-state index in [4.69, 9.17) is 0 Å². The van der Waals surface area contributed by atoms with Crippen LogP contribution in [0.1, 0.15) is 33.1 Å². The first-order valence-electron chi connectivity index (χ1n) is 5.61. The van der Waals surface area contributed by atoms with E-state index < -0.39 is 5.60 Å². The number of hydrogen-bond acceptors (Lipinski definition) is 2. The van der Waals surface area contributed by atoms with Crippen LogP contribution in [-0.4, -0.2) is 35.2 Å². The van der Waals surface area contributed by atoms with Gasteiger partial charge in [0.15, 0.2) is 0 Å². The lowest BCUT2D eigenvalue weighted by molar-refractivity contribution is -0.0206. The van der Waals surface area contributed by atoms with Gasteiger partial charge in [-0.2, -0.15) is 0 Å². The summed E-state index contributed by atoms with van der Waals surface area (Å²) in [5.74, 6) is 0.723. The van der Waals surface area contributed by atoms with E-state index >= 15 is 0 Å². The van der Waals surface area contributed by atoms with Crippen molar-refractivity contribution in [3.05, 3.63) is 12.7 Å². The fourth-order valence-electron chi connectivity index (χ4n) is 2.14. The molecule has 0 aromatic carbocycles. The van der Waals surface area contributed by atoms with Gasteiger partial charge in [0.1, 0.15) is 0 Å². The molecule has 0 bridgehead atoms.